The number of nitrogens with zero attached hydrogens (tertiary/aromatic N) is 2. The predicted molar refractivity (Wildman–Crippen MR) is 105 cm³/mol. The Labute approximate surface area is 152 Å². The first-order valence-corrected chi connectivity index (χ1v) is 9.54. The van der Waals surface area contributed by atoms with E-state index < -0.39 is 0 Å². The van der Waals surface area contributed by atoms with Crippen LogP contribution >= 0.6 is 11.8 Å². The Hall–Kier alpha value is -2.33. The quantitative estimate of drug-likeness (QED) is 0.730. The summed E-state index contributed by atoms with van der Waals surface area (Å²) in [5.41, 5.74) is 3.41. The van der Waals surface area contributed by atoms with Crippen LogP contribution in [0.2, 0.25) is 0 Å². The number of hydrogen-bond acceptors (Lipinski definition) is 3. The van der Waals surface area contributed by atoms with Crippen LogP contribution in [0.1, 0.15) is 24.8 Å². The highest BCUT2D eigenvalue weighted by Crippen LogP contribution is 2.31. The van der Waals surface area contributed by atoms with E-state index in [1.54, 1.807) is 0 Å². The average molecular weight is 348 g/mol. The number of piperidine rings is 1. The van der Waals surface area contributed by atoms with Gasteiger partial charge in [-0.2, -0.15) is 4.99 Å². The smallest absolute Gasteiger partial charge is 0.286 e. The van der Waals surface area contributed by atoms with Gasteiger partial charge < -0.3 is 4.90 Å². The van der Waals surface area contributed by atoms with Crippen LogP contribution in [0.25, 0.3) is 17.2 Å². The molecule has 2 aliphatic rings. The maximum absolute atomic E-state index is 12.2. The molecule has 1 amide bonds. The van der Waals surface area contributed by atoms with Crippen LogP contribution < -0.4 is 0 Å². The van der Waals surface area contributed by atoms with Gasteiger partial charge in [0.2, 0.25) is 0 Å². The topological polar surface area (TPSA) is 32.7 Å². The summed E-state index contributed by atoms with van der Waals surface area (Å²) < 4.78 is 0. The third kappa shape index (κ3) is 3.69. The Morgan fingerprint density at radius 3 is 2.28 bits per heavy atom. The molecule has 4 heteroatoms. The molecule has 0 bridgehead atoms. The molecule has 2 aromatic carbocycles. The van der Waals surface area contributed by atoms with E-state index in [9.17, 15) is 4.79 Å². The van der Waals surface area contributed by atoms with Crippen LogP contribution in [-0.2, 0) is 4.79 Å². The second-order valence-electron chi connectivity index (χ2n) is 6.35. The first kappa shape index (κ1) is 16.2. The number of rotatable bonds is 2. The highest BCUT2D eigenvalue weighted by Gasteiger charge is 2.26. The Balaban J connectivity index is 1.49. The van der Waals surface area contributed by atoms with E-state index in [4.69, 9.17) is 0 Å². The first-order valence-electron chi connectivity index (χ1n) is 8.73. The first-order chi connectivity index (χ1) is 12.3. The van der Waals surface area contributed by atoms with Crippen LogP contribution in [0.3, 0.4) is 0 Å². The average Bonchev–Trinajstić information content (AvgIpc) is 3.04. The molecule has 2 heterocycles. The number of hydrogen-bond donors (Lipinski definition) is 0. The third-order valence-corrected chi connectivity index (χ3v) is 5.60. The zero-order valence-corrected chi connectivity index (χ0v) is 14.8. The molecule has 0 atom stereocenters. The second kappa shape index (κ2) is 7.28. The zero-order valence-electron chi connectivity index (χ0n) is 14.0. The summed E-state index contributed by atoms with van der Waals surface area (Å²) in [5, 5.41) is 0.872. The summed E-state index contributed by atoms with van der Waals surface area (Å²) in [7, 11) is 0. The lowest BCUT2D eigenvalue weighted by Gasteiger charge is -2.27. The molecule has 25 heavy (non-hydrogen) atoms. The van der Waals surface area contributed by atoms with Crippen molar-refractivity contribution in [3.05, 3.63) is 65.1 Å². The standard InChI is InChI=1S/C21H20N2OS/c24-20-19(25-21(22-20)23-13-5-2-6-14-23)15-16-9-11-18(12-10-16)17-7-3-1-4-8-17/h1,3-4,7-12,15H,2,5-6,13-14H2/b19-15+. The number of amides is 1. The van der Waals surface area contributed by atoms with Crippen molar-refractivity contribution in [2.45, 2.75) is 19.3 Å². The van der Waals surface area contributed by atoms with Crippen molar-refractivity contribution in [3.8, 4) is 11.1 Å². The molecule has 3 nitrogen and oxygen atoms in total. The van der Waals surface area contributed by atoms with Crippen molar-refractivity contribution in [2.24, 2.45) is 4.99 Å². The van der Waals surface area contributed by atoms with Gasteiger partial charge >= 0.3 is 0 Å². The van der Waals surface area contributed by atoms with Gasteiger partial charge in [-0.3, -0.25) is 4.79 Å². The van der Waals surface area contributed by atoms with E-state index in [1.807, 2.05) is 24.3 Å². The van der Waals surface area contributed by atoms with Gasteiger partial charge in [-0.05, 0) is 53.8 Å². The summed E-state index contributed by atoms with van der Waals surface area (Å²) in [6, 6.07) is 18.6. The number of amidine groups is 1. The molecule has 0 radical (unpaired) electrons. The van der Waals surface area contributed by atoms with Crippen LogP contribution in [0, 0.1) is 0 Å². The molecule has 2 aromatic rings. The van der Waals surface area contributed by atoms with Crippen LogP contribution in [0.4, 0.5) is 0 Å². The molecule has 0 N–H and O–H groups in total. The lowest BCUT2D eigenvalue weighted by molar-refractivity contribution is -0.113. The van der Waals surface area contributed by atoms with Gasteiger partial charge in [-0.25, -0.2) is 0 Å². The van der Waals surface area contributed by atoms with E-state index in [1.165, 1.54) is 42.2 Å². The SMILES string of the molecule is O=C1N=C(N2CCCCC2)S/C1=C/c1ccc(-c2ccccc2)cc1. The van der Waals surface area contributed by atoms with Crippen LogP contribution in [-0.4, -0.2) is 29.1 Å². The van der Waals surface area contributed by atoms with Gasteiger partial charge in [0.1, 0.15) is 0 Å². The monoisotopic (exact) mass is 348 g/mol. The molecule has 0 unspecified atom stereocenters. The van der Waals surface area contributed by atoms with Crippen LogP contribution in [0.15, 0.2) is 64.5 Å². The van der Waals surface area contributed by atoms with Crippen LogP contribution in [0.5, 0.6) is 0 Å². The molecule has 0 saturated carbocycles. The normalized spacial score (nSPS) is 19.4. The number of benzene rings is 2. The minimum Gasteiger partial charge on any atom is -0.351 e. The fourth-order valence-corrected chi connectivity index (χ4v) is 4.14. The maximum Gasteiger partial charge on any atom is 0.286 e. The minimum absolute atomic E-state index is 0.113. The second-order valence-corrected chi connectivity index (χ2v) is 7.36. The van der Waals surface area contributed by atoms with Crippen molar-refractivity contribution in [1.82, 2.24) is 4.90 Å². The van der Waals surface area contributed by atoms with E-state index in [0.29, 0.717) is 4.91 Å². The number of carbonyl (C=O) groups excluding carboxylic acids is 1. The molecule has 0 aliphatic carbocycles. The third-order valence-electron chi connectivity index (χ3n) is 4.55. The number of likely N-dealkylation sites (tertiary alicyclic amines) is 1. The Morgan fingerprint density at radius 1 is 0.880 bits per heavy atom. The highest BCUT2D eigenvalue weighted by atomic mass is 32.2. The fourth-order valence-electron chi connectivity index (χ4n) is 3.17. The van der Waals surface area contributed by atoms with E-state index in [0.717, 1.165) is 23.8 Å². The zero-order chi connectivity index (χ0) is 17.1. The van der Waals surface area contributed by atoms with Gasteiger partial charge in [0, 0.05) is 13.1 Å². The molecule has 0 aromatic heterocycles. The number of carbonyl (C=O) groups is 1. The highest BCUT2D eigenvalue weighted by molar-refractivity contribution is 8.18. The summed E-state index contributed by atoms with van der Waals surface area (Å²) >= 11 is 1.51. The van der Waals surface area contributed by atoms with Gasteiger partial charge in [0.25, 0.3) is 5.91 Å². The summed E-state index contributed by atoms with van der Waals surface area (Å²) in [6.07, 6.45) is 5.60. The summed E-state index contributed by atoms with van der Waals surface area (Å²) in [5.74, 6) is -0.113. The Kier molecular flexibility index (Phi) is 4.70. The molecule has 1 saturated heterocycles. The van der Waals surface area contributed by atoms with Crippen molar-refractivity contribution >= 4 is 28.9 Å². The fraction of sp³-hybridized carbons (Fsp3) is 0.238. The Bertz CT molecular complexity index is 819. The predicted octanol–water partition coefficient (Wildman–Crippen LogP) is 4.81. The molecular formula is C21H20N2OS. The molecule has 0 spiro atoms. The van der Waals surface area contributed by atoms with E-state index >= 15 is 0 Å². The van der Waals surface area contributed by atoms with Gasteiger partial charge in [0.05, 0.1) is 4.91 Å². The molecule has 2 aliphatic heterocycles. The van der Waals surface area contributed by atoms with E-state index in [2.05, 4.69) is 46.3 Å². The summed E-state index contributed by atoms with van der Waals surface area (Å²) in [6.45, 7) is 2.02. The van der Waals surface area contributed by atoms with E-state index in [-0.39, 0.29) is 5.91 Å². The van der Waals surface area contributed by atoms with Crippen molar-refractivity contribution < 1.29 is 4.79 Å². The van der Waals surface area contributed by atoms with Gasteiger partial charge in [-0.15, -0.1) is 0 Å². The minimum atomic E-state index is -0.113. The number of thioether (sulfide) groups is 1. The molecular weight excluding hydrogens is 328 g/mol. The lowest BCUT2D eigenvalue weighted by atomic mass is 10.0. The largest absolute Gasteiger partial charge is 0.351 e. The molecule has 1 fully saturated rings. The van der Waals surface area contributed by atoms with Crippen molar-refractivity contribution in [2.75, 3.05) is 13.1 Å². The van der Waals surface area contributed by atoms with Gasteiger partial charge in [-0.1, -0.05) is 54.6 Å². The Morgan fingerprint density at radius 2 is 1.56 bits per heavy atom. The number of aliphatic imine (C=N–C) groups is 1. The molecule has 126 valence electrons. The maximum atomic E-state index is 12.2. The van der Waals surface area contributed by atoms with Crippen molar-refractivity contribution in [1.29, 1.82) is 0 Å². The lowest BCUT2D eigenvalue weighted by Crippen LogP contribution is -2.33. The summed E-state index contributed by atoms with van der Waals surface area (Å²) in [4.78, 5) is 19.4. The van der Waals surface area contributed by atoms with Crippen molar-refractivity contribution in [3.63, 3.8) is 0 Å². The van der Waals surface area contributed by atoms with Gasteiger partial charge in [0.15, 0.2) is 5.17 Å². The molecule has 4 rings (SSSR count).